The van der Waals surface area contributed by atoms with Gasteiger partial charge in [-0.1, -0.05) is 52.0 Å². The fourth-order valence-corrected chi connectivity index (χ4v) is 5.30. The lowest BCUT2D eigenvalue weighted by atomic mass is 9.85. The molecule has 1 aliphatic carbocycles. The van der Waals surface area contributed by atoms with E-state index in [0.29, 0.717) is 42.4 Å². The van der Waals surface area contributed by atoms with Gasteiger partial charge in [0, 0.05) is 25.2 Å². The Bertz CT molecular complexity index is 1640. The van der Waals surface area contributed by atoms with Crippen LogP contribution in [0.15, 0.2) is 71.9 Å². The molecule has 0 spiro atoms. The van der Waals surface area contributed by atoms with Crippen molar-refractivity contribution in [3.05, 3.63) is 83.5 Å². The van der Waals surface area contributed by atoms with E-state index in [9.17, 15) is 9.90 Å². The average Bonchev–Trinajstić information content (AvgIpc) is 3.02. The van der Waals surface area contributed by atoms with Gasteiger partial charge in [-0.2, -0.15) is 0 Å². The van der Waals surface area contributed by atoms with E-state index < -0.39 is 11.4 Å². The zero-order valence-electron chi connectivity index (χ0n) is 27.4. The quantitative estimate of drug-likeness (QED) is 0.116. The summed E-state index contributed by atoms with van der Waals surface area (Å²) in [6.07, 6.45) is 3.77. The van der Waals surface area contributed by atoms with Gasteiger partial charge in [-0.05, 0) is 79.1 Å². The van der Waals surface area contributed by atoms with Crippen LogP contribution in [-0.4, -0.2) is 51.2 Å². The number of aromatic nitrogens is 1. The number of aliphatic imine (C=N–C) groups is 1. The monoisotopic (exact) mass is 626 g/mol. The molecule has 11 heteroatoms. The first kappa shape index (κ1) is 34.0. The van der Waals surface area contributed by atoms with E-state index in [4.69, 9.17) is 21.0 Å². The van der Waals surface area contributed by atoms with Crippen molar-refractivity contribution in [2.75, 3.05) is 13.1 Å². The zero-order valence-corrected chi connectivity index (χ0v) is 27.4. The summed E-state index contributed by atoms with van der Waals surface area (Å²) in [7, 11) is 0. The summed E-state index contributed by atoms with van der Waals surface area (Å²) in [6, 6.07) is 17.0. The van der Waals surface area contributed by atoms with Crippen molar-refractivity contribution >= 4 is 29.2 Å². The second-order valence-electron chi connectivity index (χ2n) is 12.5. The van der Waals surface area contributed by atoms with Crippen molar-refractivity contribution < 1.29 is 14.6 Å². The zero-order chi connectivity index (χ0) is 33.4. The van der Waals surface area contributed by atoms with E-state index in [0.717, 1.165) is 24.1 Å². The van der Waals surface area contributed by atoms with E-state index in [1.54, 1.807) is 30.5 Å². The minimum atomic E-state index is -0.420. The highest BCUT2D eigenvalue weighted by atomic mass is 16.5. The fourth-order valence-electron chi connectivity index (χ4n) is 5.30. The third-order valence-corrected chi connectivity index (χ3v) is 7.96. The van der Waals surface area contributed by atoms with Crippen LogP contribution < -0.4 is 20.9 Å². The number of benzene rings is 2. The van der Waals surface area contributed by atoms with Gasteiger partial charge >= 0.3 is 6.03 Å². The number of urea groups is 1. The molecule has 1 heterocycles. The normalized spacial score (nSPS) is 16.2. The molecule has 2 atom stereocenters. The Morgan fingerprint density at radius 3 is 2.39 bits per heavy atom. The van der Waals surface area contributed by atoms with E-state index in [1.165, 1.54) is 16.7 Å². The van der Waals surface area contributed by atoms with Gasteiger partial charge in [-0.3, -0.25) is 20.7 Å². The summed E-state index contributed by atoms with van der Waals surface area (Å²) in [6.45, 7) is 11.3. The van der Waals surface area contributed by atoms with Crippen LogP contribution in [0, 0.1) is 21.6 Å². The molecule has 0 aliphatic heterocycles. The highest BCUT2D eigenvalue weighted by Crippen LogP contribution is 2.38. The molecule has 1 aromatic heterocycles. The summed E-state index contributed by atoms with van der Waals surface area (Å²) < 4.78 is 8.00. The van der Waals surface area contributed by atoms with E-state index in [2.05, 4.69) is 22.5 Å². The van der Waals surface area contributed by atoms with Gasteiger partial charge < -0.3 is 25.5 Å². The molecule has 3 aromatic rings. The minimum absolute atomic E-state index is 0.120. The Morgan fingerprint density at radius 2 is 1.74 bits per heavy atom. The van der Waals surface area contributed by atoms with Crippen LogP contribution in [0.2, 0.25) is 0 Å². The Balaban J connectivity index is 1.51. The number of fused-ring (bicyclic) bond motifs is 1. The van der Waals surface area contributed by atoms with E-state index in [-0.39, 0.29) is 35.8 Å². The maximum absolute atomic E-state index is 13.3. The Hall–Kier alpha value is -4.93. The Labute approximate surface area is 270 Å². The molecule has 4 rings (SSSR count). The van der Waals surface area contributed by atoms with E-state index in [1.807, 2.05) is 56.9 Å². The van der Waals surface area contributed by atoms with Crippen LogP contribution in [0.5, 0.6) is 11.5 Å². The number of nitrogens with zero attached hydrogens (tertiary/aromatic N) is 3. The lowest BCUT2D eigenvalue weighted by Gasteiger charge is -2.32. The fraction of sp³-hybridized carbons (Fsp3) is 0.400. The first-order valence-electron chi connectivity index (χ1n) is 15.8. The van der Waals surface area contributed by atoms with Crippen LogP contribution in [0.4, 0.5) is 10.5 Å². The molecule has 11 nitrogen and oxygen atoms in total. The number of amidine groups is 1. The largest absolute Gasteiger partial charge is 0.508 e. The summed E-state index contributed by atoms with van der Waals surface area (Å²) in [5.41, 5.74) is 2.71. The van der Waals surface area contributed by atoms with Crippen molar-refractivity contribution in [1.82, 2.24) is 20.1 Å². The lowest BCUT2D eigenvalue weighted by Crippen LogP contribution is -2.43. The molecule has 2 amide bonds. The number of amides is 2. The Morgan fingerprint density at radius 1 is 1.04 bits per heavy atom. The van der Waals surface area contributed by atoms with Crippen molar-refractivity contribution in [3.8, 4) is 11.5 Å². The number of phenols is 1. The Kier molecular flexibility index (Phi) is 11.0. The molecule has 6 N–H and O–H groups in total. The molecule has 0 radical (unpaired) electrons. The lowest BCUT2D eigenvalue weighted by molar-refractivity contribution is 0.171. The average molecular weight is 627 g/mol. The predicted octanol–water partition coefficient (Wildman–Crippen LogP) is 6.63. The smallest absolute Gasteiger partial charge is 0.320 e. The van der Waals surface area contributed by atoms with Crippen LogP contribution >= 0.6 is 0 Å². The van der Waals surface area contributed by atoms with Gasteiger partial charge in [-0.25, -0.2) is 9.79 Å². The van der Waals surface area contributed by atoms with E-state index >= 15 is 0 Å². The first-order chi connectivity index (χ1) is 21.9. The van der Waals surface area contributed by atoms with Crippen molar-refractivity contribution in [3.63, 3.8) is 0 Å². The molecule has 0 saturated carbocycles. The third-order valence-electron chi connectivity index (χ3n) is 7.96. The summed E-state index contributed by atoms with van der Waals surface area (Å²) in [5.74, 6) is 1.26. The predicted molar refractivity (Wildman–Crippen MR) is 181 cm³/mol. The highest BCUT2D eigenvalue weighted by Gasteiger charge is 2.30. The number of hydrogen-bond donors (Lipinski definition) is 6. The third kappa shape index (κ3) is 8.62. The topological polar surface area (TPSA) is 163 Å². The van der Waals surface area contributed by atoms with Gasteiger partial charge in [-0.15, -0.1) is 0 Å². The number of nitrogens with one attached hydrogen (secondary N) is 5. The van der Waals surface area contributed by atoms with Gasteiger partial charge in [0.05, 0.1) is 17.9 Å². The molecule has 0 bridgehead atoms. The van der Waals surface area contributed by atoms with Crippen LogP contribution in [0.1, 0.15) is 83.6 Å². The molecular weight excluding hydrogens is 580 g/mol. The van der Waals surface area contributed by atoms with Gasteiger partial charge in [0.1, 0.15) is 28.9 Å². The number of hydrogen-bond acceptors (Lipinski definition) is 7. The van der Waals surface area contributed by atoms with Crippen LogP contribution in [-0.2, 0) is 0 Å². The molecule has 1 aliphatic rings. The number of phenolic OH excluding ortho intramolecular Hbond substituents is 1. The number of carbonyl (C=O) groups excluding carboxylic acids is 1. The van der Waals surface area contributed by atoms with Crippen molar-refractivity contribution in [1.29, 1.82) is 16.2 Å². The standard InChI is InChI=1S/C35H46N8O3/c1-6-20-42(7-2)33(38)43-22-25(16-19-31(43)37)46-29-18-17-28(26-10-8-9-11-27(26)29)40-34(45)41-32(21-30(36)35(3,4)5)39-23-12-14-24(44)15-13-23/h8-16,19,22,28-29,36-38,44H,6-7,17-18,20-21H2,1-5H3,(H2,39,40,41,45). The second-order valence-corrected chi connectivity index (χ2v) is 12.5. The van der Waals surface area contributed by atoms with Gasteiger partial charge in [0.15, 0.2) is 0 Å². The summed E-state index contributed by atoms with van der Waals surface area (Å²) >= 11 is 0. The number of aromatic hydroxyl groups is 1. The highest BCUT2D eigenvalue weighted by molar-refractivity contribution is 6.09. The summed E-state index contributed by atoms with van der Waals surface area (Å²) in [4.78, 5) is 19.9. The number of ether oxygens (including phenoxy) is 1. The number of carbonyl (C=O) groups is 1. The molecule has 0 fully saturated rings. The maximum atomic E-state index is 13.3. The van der Waals surface area contributed by atoms with Gasteiger partial charge in [0.2, 0.25) is 5.96 Å². The molecule has 2 unspecified atom stereocenters. The van der Waals surface area contributed by atoms with Crippen LogP contribution in [0.25, 0.3) is 0 Å². The molecule has 244 valence electrons. The molecule has 0 saturated heterocycles. The minimum Gasteiger partial charge on any atom is -0.508 e. The first-order valence-corrected chi connectivity index (χ1v) is 15.8. The number of pyridine rings is 1. The van der Waals surface area contributed by atoms with Crippen molar-refractivity contribution in [2.45, 2.75) is 72.4 Å². The molecule has 2 aromatic carbocycles. The van der Waals surface area contributed by atoms with Crippen molar-refractivity contribution in [2.24, 2.45) is 10.4 Å². The molecular formula is C35H46N8O3. The summed E-state index contributed by atoms with van der Waals surface area (Å²) in [5, 5.41) is 41.2. The van der Waals surface area contributed by atoms with Gasteiger partial charge in [0.25, 0.3) is 0 Å². The van der Waals surface area contributed by atoms with Crippen LogP contribution in [0.3, 0.4) is 0 Å². The SMILES string of the molecule is CCCN(CC)C(=N)n1cc(OC2CCC(NC(=O)NC(CC(=N)C(C)(C)C)=Nc3ccc(O)cc3)c3ccccc32)ccc1=N. The number of rotatable bonds is 9. The maximum Gasteiger partial charge on any atom is 0.320 e. The molecule has 46 heavy (non-hydrogen) atoms. The second kappa shape index (κ2) is 14.9.